The lowest BCUT2D eigenvalue weighted by molar-refractivity contribution is 0.183. The van der Waals surface area contributed by atoms with E-state index in [1.807, 2.05) is 12.1 Å². The Morgan fingerprint density at radius 3 is 2.91 bits per heavy atom. The first-order chi connectivity index (χ1) is 11.1. The number of furan rings is 1. The number of carbonyl (C=O) groups excluding carboxylic acids is 1. The molecule has 0 fully saturated rings. The monoisotopic (exact) mass is 312 g/mol. The van der Waals surface area contributed by atoms with Crippen LogP contribution in [0.3, 0.4) is 0 Å². The van der Waals surface area contributed by atoms with E-state index in [9.17, 15) is 9.90 Å². The van der Waals surface area contributed by atoms with Crippen molar-refractivity contribution in [2.45, 2.75) is 26.0 Å². The van der Waals surface area contributed by atoms with E-state index in [0.29, 0.717) is 36.5 Å². The van der Waals surface area contributed by atoms with Crippen LogP contribution in [0.4, 0.5) is 10.5 Å². The molecule has 120 valence electrons. The Hall–Kier alpha value is -2.71. The Balaban J connectivity index is 2.17. The highest BCUT2D eigenvalue weighted by atomic mass is 16.3. The lowest BCUT2D eigenvalue weighted by Gasteiger charge is -2.22. The number of benzene rings is 1. The van der Waals surface area contributed by atoms with Crippen LogP contribution in [0, 0.1) is 12.3 Å². The standard InChI is InChI=1S/C18H20N2O3/c1-3-15-6-4-7-16(12-15)20(13-17-8-5-11-23-17)18(22)19-10-9-14(2)21/h1,4-8,11-12,14,21H,9-10,13H2,2H3,(H,19,22). The van der Waals surface area contributed by atoms with Gasteiger partial charge in [0, 0.05) is 17.8 Å². The van der Waals surface area contributed by atoms with Gasteiger partial charge in [0.05, 0.1) is 18.9 Å². The summed E-state index contributed by atoms with van der Waals surface area (Å²) in [7, 11) is 0. The predicted molar refractivity (Wildman–Crippen MR) is 89.0 cm³/mol. The van der Waals surface area contributed by atoms with Crippen molar-refractivity contribution in [2.75, 3.05) is 11.4 Å². The van der Waals surface area contributed by atoms with Gasteiger partial charge < -0.3 is 14.8 Å². The Labute approximate surface area is 135 Å². The first-order valence-electron chi connectivity index (χ1n) is 7.42. The highest BCUT2D eigenvalue weighted by molar-refractivity contribution is 5.92. The fourth-order valence-electron chi connectivity index (χ4n) is 2.09. The largest absolute Gasteiger partial charge is 0.467 e. The maximum atomic E-state index is 12.5. The highest BCUT2D eigenvalue weighted by Crippen LogP contribution is 2.19. The van der Waals surface area contributed by atoms with E-state index in [1.54, 1.807) is 42.4 Å². The van der Waals surface area contributed by atoms with Crippen LogP contribution in [-0.2, 0) is 6.54 Å². The van der Waals surface area contributed by atoms with Gasteiger partial charge in [-0.15, -0.1) is 6.42 Å². The summed E-state index contributed by atoms with van der Waals surface area (Å²) in [5.74, 6) is 3.23. The zero-order valence-electron chi connectivity index (χ0n) is 13.0. The molecule has 2 rings (SSSR count). The average Bonchev–Trinajstić information content (AvgIpc) is 3.05. The summed E-state index contributed by atoms with van der Waals surface area (Å²) in [6.45, 7) is 2.37. The van der Waals surface area contributed by atoms with E-state index in [4.69, 9.17) is 10.8 Å². The van der Waals surface area contributed by atoms with Crippen LogP contribution in [-0.4, -0.2) is 23.8 Å². The van der Waals surface area contributed by atoms with Crippen molar-refractivity contribution >= 4 is 11.7 Å². The van der Waals surface area contributed by atoms with Crippen LogP contribution in [0.25, 0.3) is 0 Å². The maximum Gasteiger partial charge on any atom is 0.322 e. The average molecular weight is 312 g/mol. The van der Waals surface area contributed by atoms with E-state index >= 15 is 0 Å². The molecule has 2 N–H and O–H groups in total. The Morgan fingerprint density at radius 1 is 1.43 bits per heavy atom. The molecule has 1 atom stereocenters. The Morgan fingerprint density at radius 2 is 2.26 bits per heavy atom. The maximum absolute atomic E-state index is 12.5. The summed E-state index contributed by atoms with van der Waals surface area (Å²) in [4.78, 5) is 14.0. The van der Waals surface area contributed by atoms with Gasteiger partial charge >= 0.3 is 6.03 Å². The van der Waals surface area contributed by atoms with Crippen LogP contribution in [0.1, 0.15) is 24.7 Å². The van der Waals surface area contributed by atoms with Gasteiger partial charge in [-0.3, -0.25) is 4.90 Å². The molecule has 1 unspecified atom stereocenters. The minimum absolute atomic E-state index is 0.267. The number of carbonyl (C=O) groups is 1. The fourth-order valence-corrected chi connectivity index (χ4v) is 2.09. The SMILES string of the molecule is C#Cc1cccc(N(Cc2ccco2)C(=O)NCCC(C)O)c1. The summed E-state index contributed by atoms with van der Waals surface area (Å²) in [5, 5.41) is 12.1. The van der Waals surface area contributed by atoms with Crippen LogP contribution in [0.15, 0.2) is 47.1 Å². The second kappa shape index (κ2) is 8.06. The van der Waals surface area contributed by atoms with E-state index < -0.39 is 6.10 Å². The number of terminal acetylenes is 1. The molecule has 2 amide bonds. The third-order valence-electron chi connectivity index (χ3n) is 3.30. The lowest BCUT2D eigenvalue weighted by atomic mass is 10.2. The molecule has 0 spiro atoms. The summed E-state index contributed by atoms with van der Waals surface area (Å²) in [6.07, 6.45) is 7.03. The van der Waals surface area contributed by atoms with E-state index in [2.05, 4.69) is 11.2 Å². The number of aliphatic hydroxyl groups is 1. The molecule has 1 aromatic carbocycles. The van der Waals surface area contributed by atoms with Crippen molar-refractivity contribution in [3.05, 3.63) is 54.0 Å². The smallest absolute Gasteiger partial charge is 0.322 e. The molecule has 5 nitrogen and oxygen atoms in total. The van der Waals surface area contributed by atoms with E-state index in [1.165, 1.54) is 0 Å². The third kappa shape index (κ3) is 4.90. The number of aliphatic hydroxyl groups excluding tert-OH is 1. The number of anilines is 1. The molecule has 0 radical (unpaired) electrons. The topological polar surface area (TPSA) is 65.7 Å². The van der Waals surface area contributed by atoms with Crippen LogP contribution in [0.2, 0.25) is 0 Å². The predicted octanol–water partition coefficient (Wildman–Crippen LogP) is 2.75. The first kappa shape index (κ1) is 16.7. The molecule has 0 saturated carbocycles. The normalized spacial score (nSPS) is 11.5. The van der Waals surface area contributed by atoms with Crippen LogP contribution >= 0.6 is 0 Å². The minimum atomic E-state index is -0.460. The second-order valence-electron chi connectivity index (χ2n) is 5.23. The van der Waals surface area contributed by atoms with Crippen molar-refractivity contribution in [1.82, 2.24) is 5.32 Å². The van der Waals surface area contributed by atoms with Gasteiger partial charge in [-0.05, 0) is 43.7 Å². The second-order valence-corrected chi connectivity index (χ2v) is 5.23. The number of nitrogens with zero attached hydrogens (tertiary/aromatic N) is 1. The summed E-state index contributed by atoms with van der Waals surface area (Å²) in [5.41, 5.74) is 1.38. The van der Waals surface area contributed by atoms with Crippen molar-refractivity contribution in [3.63, 3.8) is 0 Å². The van der Waals surface area contributed by atoms with Gasteiger partial charge in [0.2, 0.25) is 0 Å². The van der Waals surface area contributed by atoms with Crippen molar-refractivity contribution in [2.24, 2.45) is 0 Å². The molecule has 23 heavy (non-hydrogen) atoms. The molecule has 1 aromatic heterocycles. The van der Waals surface area contributed by atoms with Crippen LogP contribution in [0.5, 0.6) is 0 Å². The van der Waals surface area contributed by atoms with Gasteiger partial charge in [0.15, 0.2) is 0 Å². The lowest BCUT2D eigenvalue weighted by Crippen LogP contribution is -2.40. The summed E-state index contributed by atoms with van der Waals surface area (Å²) < 4.78 is 5.33. The van der Waals surface area contributed by atoms with Gasteiger partial charge in [-0.2, -0.15) is 0 Å². The van der Waals surface area contributed by atoms with Gasteiger partial charge in [0.1, 0.15) is 5.76 Å². The van der Waals surface area contributed by atoms with Gasteiger partial charge in [-0.25, -0.2) is 4.79 Å². The fraction of sp³-hybridized carbons (Fsp3) is 0.278. The number of amides is 2. The molecule has 2 aromatic rings. The van der Waals surface area contributed by atoms with Gasteiger partial charge in [-0.1, -0.05) is 12.0 Å². The zero-order chi connectivity index (χ0) is 16.7. The molecule has 1 heterocycles. The minimum Gasteiger partial charge on any atom is -0.467 e. The van der Waals surface area contributed by atoms with Gasteiger partial charge in [0.25, 0.3) is 0 Å². The summed E-state index contributed by atoms with van der Waals surface area (Å²) in [6, 6.07) is 10.5. The van der Waals surface area contributed by atoms with Crippen molar-refractivity contribution in [3.8, 4) is 12.3 Å². The first-order valence-corrected chi connectivity index (χ1v) is 7.42. The number of nitrogens with one attached hydrogen (secondary N) is 1. The highest BCUT2D eigenvalue weighted by Gasteiger charge is 2.17. The van der Waals surface area contributed by atoms with Crippen LogP contribution < -0.4 is 10.2 Å². The number of urea groups is 1. The Kier molecular flexibility index (Phi) is 5.84. The molecule has 5 heteroatoms. The number of hydrogen-bond acceptors (Lipinski definition) is 3. The number of rotatable bonds is 6. The zero-order valence-corrected chi connectivity index (χ0v) is 13.0. The third-order valence-corrected chi connectivity index (χ3v) is 3.30. The summed E-state index contributed by atoms with van der Waals surface area (Å²) >= 11 is 0. The van der Waals surface area contributed by atoms with Crippen molar-refractivity contribution in [1.29, 1.82) is 0 Å². The Bertz CT molecular complexity index is 672. The van der Waals surface area contributed by atoms with E-state index in [0.717, 1.165) is 0 Å². The molecular weight excluding hydrogens is 292 g/mol. The molecular formula is C18H20N2O3. The van der Waals surface area contributed by atoms with E-state index in [-0.39, 0.29) is 6.03 Å². The molecule has 0 saturated heterocycles. The van der Waals surface area contributed by atoms with Crippen molar-refractivity contribution < 1.29 is 14.3 Å². The number of hydrogen-bond donors (Lipinski definition) is 2. The quantitative estimate of drug-likeness (QED) is 0.806. The molecule has 0 aliphatic carbocycles. The molecule has 0 aliphatic rings. The molecule has 0 bridgehead atoms. The molecule has 0 aliphatic heterocycles.